The van der Waals surface area contributed by atoms with E-state index in [0.717, 1.165) is 52.4 Å². The summed E-state index contributed by atoms with van der Waals surface area (Å²) in [5, 5.41) is 13.4. The molecule has 0 atom stereocenters. The first-order valence-corrected chi connectivity index (χ1v) is 6.24. The minimum absolute atomic E-state index is 1.06. The van der Waals surface area contributed by atoms with Gasteiger partial charge in [-0.25, -0.2) is 0 Å². The van der Waals surface area contributed by atoms with Crippen molar-refractivity contribution in [1.29, 1.82) is 0 Å². The summed E-state index contributed by atoms with van der Waals surface area (Å²) in [6, 6.07) is 0. The van der Waals surface area contributed by atoms with Crippen molar-refractivity contribution in [1.82, 2.24) is 21.3 Å². The van der Waals surface area contributed by atoms with Gasteiger partial charge in [-0.15, -0.1) is 0 Å². The molecule has 0 aliphatic heterocycles. The predicted octanol–water partition coefficient (Wildman–Crippen LogP) is -0.225. The molecule has 4 N–H and O–H groups in total. The van der Waals surface area contributed by atoms with E-state index < -0.39 is 0 Å². The van der Waals surface area contributed by atoms with Crippen LogP contribution in [0.15, 0.2) is 0 Å². The van der Waals surface area contributed by atoms with Gasteiger partial charge in [-0.1, -0.05) is 13.8 Å². The van der Waals surface area contributed by atoms with Gasteiger partial charge in [0.2, 0.25) is 0 Å². The van der Waals surface area contributed by atoms with E-state index in [2.05, 4.69) is 35.1 Å². The monoisotopic (exact) mass is 216 g/mol. The molecule has 0 amide bonds. The zero-order valence-corrected chi connectivity index (χ0v) is 10.4. The standard InChI is InChI=1S/C11H28N4/c1-3-12-8-10-14-6-5-7-15-11-9-13-4-2/h12-15H,3-11H2,1-2H3. The van der Waals surface area contributed by atoms with Crippen LogP contribution in [0.2, 0.25) is 0 Å². The van der Waals surface area contributed by atoms with E-state index in [9.17, 15) is 0 Å². The highest BCUT2D eigenvalue weighted by atomic mass is 15.0. The lowest BCUT2D eigenvalue weighted by molar-refractivity contribution is 0.567. The van der Waals surface area contributed by atoms with Crippen molar-refractivity contribution >= 4 is 0 Å². The summed E-state index contributed by atoms with van der Waals surface area (Å²) in [6.07, 6.45) is 1.21. The van der Waals surface area contributed by atoms with Crippen molar-refractivity contribution in [3.05, 3.63) is 0 Å². The Morgan fingerprint density at radius 2 is 0.933 bits per heavy atom. The maximum atomic E-state index is 3.40. The number of nitrogens with one attached hydrogen (secondary N) is 4. The van der Waals surface area contributed by atoms with Gasteiger partial charge in [0, 0.05) is 26.2 Å². The summed E-state index contributed by atoms with van der Waals surface area (Å²) in [7, 11) is 0. The van der Waals surface area contributed by atoms with Crippen molar-refractivity contribution in [2.75, 3.05) is 52.4 Å². The molecule has 0 bridgehead atoms. The van der Waals surface area contributed by atoms with Crippen LogP contribution in [0.3, 0.4) is 0 Å². The Bertz CT molecular complexity index is 96.8. The number of rotatable bonds is 12. The molecule has 0 radical (unpaired) electrons. The third kappa shape index (κ3) is 13.8. The normalized spacial score (nSPS) is 10.8. The molecule has 4 nitrogen and oxygen atoms in total. The minimum atomic E-state index is 1.06. The first-order valence-electron chi connectivity index (χ1n) is 6.24. The Kier molecular flexibility index (Phi) is 13.7. The van der Waals surface area contributed by atoms with Gasteiger partial charge in [0.25, 0.3) is 0 Å². The van der Waals surface area contributed by atoms with E-state index in [-0.39, 0.29) is 0 Å². The van der Waals surface area contributed by atoms with Crippen LogP contribution in [-0.2, 0) is 0 Å². The third-order valence-electron chi connectivity index (χ3n) is 2.16. The van der Waals surface area contributed by atoms with E-state index >= 15 is 0 Å². The zero-order chi connectivity index (χ0) is 11.2. The van der Waals surface area contributed by atoms with Gasteiger partial charge < -0.3 is 21.3 Å². The van der Waals surface area contributed by atoms with Gasteiger partial charge in [0.05, 0.1) is 0 Å². The van der Waals surface area contributed by atoms with Gasteiger partial charge >= 0.3 is 0 Å². The molecule has 0 aromatic rings. The Morgan fingerprint density at radius 1 is 0.533 bits per heavy atom. The van der Waals surface area contributed by atoms with Crippen LogP contribution in [0.1, 0.15) is 20.3 Å². The molecule has 0 saturated heterocycles. The van der Waals surface area contributed by atoms with Gasteiger partial charge in [-0.05, 0) is 32.6 Å². The maximum Gasteiger partial charge on any atom is 0.00767 e. The van der Waals surface area contributed by atoms with Gasteiger partial charge in [-0.2, -0.15) is 0 Å². The highest BCUT2D eigenvalue weighted by molar-refractivity contribution is 4.54. The van der Waals surface area contributed by atoms with E-state index in [0.29, 0.717) is 0 Å². The first kappa shape index (κ1) is 14.8. The van der Waals surface area contributed by atoms with Crippen molar-refractivity contribution in [3.63, 3.8) is 0 Å². The molecule has 0 unspecified atom stereocenters. The molecule has 0 spiro atoms. The SMILES string of the molecule is CCNCCNCCCNCCNCC. The second-order valence-corrected chi connectivity index (χ2v) is 3.56. The van der Waals surface area contributed by atoms with Crippen LogP contribution in [0.4, 0.5) is 0 Å². The molecule has 15 heavy (non-hydrogen) atoms. The average molecular weight is 216 g/mol. The summed E-state index contributed by atoms with van der Waals surface area (Å²) in [5.41, 5.74) is 0. The molecular weight excluding hydrogens is 188 g/mol. The molecule has 0 aliphatic rings. The van der Waals surface area contributed by atoms with Crippen molar-refractivity contribution < 1.29 is 0 Å². The van der Waals surface area contributed by atoms with Crippen LogP contribution < -0.4 is 21.3 Å². The molecule has 0 aliphatic carbocycles. The van der Waals surface area contributed by atoms with Crippen molar-refractivity contribution in [2.45, 2.75) is 20.3 Å². The quantitative estimate of drug-likeness (QED) is 0.341. The average Bonchev–Trinajstić information content (AvgIpc) is 2.26. The van der Waals surface area contributed by atoms with Crippen LogP contribution in [0.5, 0.6) is 0 Å². The molecule has 0 heterocycles. The van der Waals surface area contributed by atoms with Crippen molar-refractivity contribution in [3.8, 4) is 0 Å². The van der Waals surface area contributed by atoms with Crippen LogP contribution in [-0.4, -0.2) is 52.4 Å². The maximum absolute atomic E-state index is 3.40. The second kappa shape index (κ2) is 13.8. The number of hydrogen-bond acceptors (Lipinski definition) is 4. The minimum Gasteiger partial charge on any atom is -0.316 e. The Morgan fingerprint density at radius 3 is 1.33 bits per heavy atom. The van der Waals surface area contributed by atoms with E-state index in [1.54, 1.807) is 0 Å². The lowest BCUT2D eigenvalue weighted by atomic mass is 10.4. The fraction of sp³-hybridized carbons (Fsp3) is 1.00. The van der Waals surface area contributed by atoms with E-state index in [4.69, 9.17) is 0 Å². The van der Waals surface area contributed by atoms with Gasteiger partial charge in [0.15, 0.2) is 0 Å². The van der Waals surface area contributed by atoms with Crippen molar-refractivity contribution in [2.24, 2.45) is 0 Å². The lowest BCUT2D eigenvalue weighted by Gasteiger charge is -2.06. The molecular formula is C11H28N4. The van der Waals surface area contributed by atoms with Crippen LogP contribution in [0.25, 0.3) is 0 Å². The highest BCUT2D eigenvalue weighted by Gasteiger charge is 1.88. The molecule has 0 fully saturated rings. The zero-order valence-electron chi connectivity index (χ0n) is 10.4. The summed E-state index contributed by atoms with van der Waals surface area (Å²) in [6.45, 7) is 12.9. The van der Waals surface area contributed by atoms with Gasteiger partial charge in [0.1, 0.15) is 0 Å². The summed E-state index contributed by atoms with van der Waals surface area (Å²) >= 11 is 0. The predicted molar refractivity (Wildman–Crippen MR) is 67.4 cm³/mol. The summed E-state index contributed by atoms with van der Waals surface area (Å²) in [4.78, 5) is 0. The second-order valence-electron chi connectivity index (χ2n) is 3.56. The van der Waals surface area contributed by atoms with Crippen LogP contribution in [0, 0.1) is 0 Å². The third-order valence-corrected chi connectivity index (χ3v) is 2.16. The Balaban J connectivity index is 2.81. The Hall–Kier alpha value is -0.160. The number of hydrogen-bond donors (Lipinski definition) is 4. The molecule has 0 aromatic carbocycles. The molecule has 92 valence electrons. The highest BCUT2D eigenvalue weighted by Crippen LogP contribution is 1.72. The summed E-state index contributed by atoms with van der Waals surface area (Å²) in [5.74, 6) is 0. The number of likely N-dealkylation sites (N-methyl/N-ethyl adjacent to an activating group) is 2. The lowest BCUT2D eigenvalue weighted by Crippen LogP contribution is -2.31. The molecule has 0 rings (SSSR count). The first-order chi connectivity index (χ1) is 7.41. The largest absolute Gasteiger partial charge is 0.316 e. The van der Waals surface area contributed by atoms with E-state index in [1.165, 1.54) is 6.42 Å². The van der Waals surface area contributed by atoms with Crippen LogP contribution >= 0.6 is 0 Å². The molecule has 0 saturated carbocycles. The topological polar surface area (TPSA) is 48.1 Å². The smallest absolute Gasteiger partial charge is 0.00767 e. The van der Waals surface area contributed by atoms with Gasteiger partial charge in [-0.3, -0.25) is 0 Å². The Labute approximate surface area is 94.6 Å². The fourth-order valence-corrected chi connectivity index (χ4v) is 1.30. The summed E-state index contributed by atoms with van der Waals surface area (Å²) < 4.78 is 0. The molecule has 4 heteroatoms. The fourth-order valence-electron chi connectivity index (χ4n) is 1.30. The molecule has 0 aromatic heterocycles. The van der Waals surface area contributed by atoms with E-state index in [1.807, 2.05) is 0 Å².